The third-order valence-electron chi connectivity index (χ3n) is 3.93. The maximum atomic E-state index is 4.66. The zero-order valence-corrected chi connectivity index (χ0v) is 13.1. The van der Waals surface area contributed by atoms with Crippen molar-refractivity contribution >= 4 is 10.8 Å². The highest BCUT2D eigenvalue weighted by Crippen LogP contribution is 2.26. The van der Waals surface area contributed by atoms with Crippen LogP contribution >= 0.6 is 0 Å². The molecule has 0 amide bonds. The van der Waals surface area contributed by atoms with Crippen LogP contribution in [0.25, 0.3) is 22.0 Å². The Morgan fingerprint density at radius 3 is 2.19 bits per heavy atom. The highest BCUT2D eigenvalue weighted by Gasteiger charge is 2.05. The van der Waals surface area contributed by atoms with Gasteiger partial charge in [-0.05, 0) is 55.0 Å². The second-order valence-corrected chi connectivity index (χ2v) is 6.21. The fourth-order valence-corrected chi connectivity index (χ4v) is 2.80. The Hall–Kier alpha value is -2.15. The zero-order valence-electron chi connectivity index (χ0n) is 13.1. The second kappa shape index (κ2) is 5.33. The zero-order chi connectivity index (χ0) is 15.0. The van der Waals surface area contributed by atoms with Gasteiger partial charge in [-0.3, -0.25) is 4.98 Å². The summed E-state index contributed by atoms with van der Waals surface area (Å²) in [4.78, 5) is 4.66. The standard InChI is InChI=1S/C20H21N/c1-13(2)16-5-6-17-11-20(21-12-19(17)10-16)18-8-14(3)7-15(4)9-18/h5-13H,1-4H3. The van der Waals surface area contributed by atoms with Gasteiger partial charge in [-0.15, -0.1) is 0 Å². The fourth-order valence-electron chi connectivity index (χ4n) is 2.80. The first kappa shape index (κ1) is 13.8. The van der Waals surface area contributed by atoms with E-state index in [0.29, 0.717) is 5.92 Å². The molecule has 3 aromatic rings. The molecule has 0 saturated carbocycles. The molecular formula is C20H21N. The van der Waals surface area contributed by atoms with Crippen molar-refractivity contribution in [2.24, 2.45) is 0 Å². The van der Waals surface area contributed by atoms with E-state index in [4.69, 9.17) is 0 Å². The molecule has 0 aliphatic rings. The molecule has 0 N–H and O–H groups in total. The Bertz CT molecular complexity index is 780. The van der Waals surface area contributed by atoms with Crippen molar-refractivity contribution < 1.29 is 0 Å². The van der Waals surface area contributed by atoms with Gasteiger partial charge in [0.15, 0.2) is 0 Å². The molecule has 1 heterocycles. The highest BCUT2D eigenvalue weighted by atomic mass is 14.7. The van der Waals surface area contributed by atoms with E-state index < -0.39 is 0 Å². The number of rotatable bonds is 2. The van der Waals surface area contributed by atoms with Crippen molar-refractivity contribution in [2.45, 2.75) is 33.6 Å². The number of hydrogen-bond donors (Lipinski definition) is 0. The monoisotopic (exact) mass is 275 g/mol. The summed E-state index contributed by atoms with van der Waals surface area (Å²) in [6.07, 6.45) is 1.99. The summed E-state index contributed by atoms with van der Waals surface area (Å²) in [6.45, 7) is 8.70. The lowest BCUT2D eigenvalue weighted by molar-refractivity contribution is 0.868. The van der Waals surface area contributed by atoms with Gasteiger partial charge in [-0.1, -0.05) is 43.2 Å². The molecule has 3 rings (SSSR count). The van der Waals surface area contributed by atoms with Crippen molar-refractivity contribution in [3.63, 3.8) is 0 Å². The quantitative estimate of drug-likeness (QED) is 0.589. The first-order valence-electron chi connectivity index (χ1n) is 7.51. The van der Waals surface area contributed by atoms with Crippen LogP contribution in [0.5, 0.6) is 0 Å². The topological polar surface area (TPSA) is 12.9 Å². The van der Waals surface area contributed by atoms with Crippen molar-refractivity contribution in [2.75, 3.05) is 0 Å². The maximum absolute atomic E-state index is 4.66. The van der Waals surface area contributed by atoms with Crippen LogP contribution in [0.2, 0.25) is 0 Å². The number of benzene rings is 2. The summed E-state index contributed by atoms with van der Waals surface area (Å²) in [5.41, 5.74) is 6.17. The lowest BCUT2D eigenvalue weighted by atomic mass is 9.98. The summed E-state index contributed by atoms with van der Waals surface area (Å²) < 4.78 is 0. The van der Waals surface area contributed by atoms with Crippen molar-refractivity contribution in [3.05, 3.63) is 65.4 Å². The Labute approximate surface area is 126 Å². The highest BCUT2D eigenvalue weighted by molar-refractivity contribution is 5.86. The summed E-state index contributed by atoms with van der Waals surface area (Å²) in [5.74, 6) is 0.550. The van der Waals surface area contributed by atoms with Gasteiger partial charge in [0.2, 0.25) is 0 Å². The molecule has 106 valence electrons. The Kier molecular flexibility index (Phi) is 3.50. The number of pyridine rings is 1. The van der Waals surface area contributed by atoms with Gasteiger partial charge in [0.05, 0.1) is 5.69 Å². The van der Waals surface area contributed by atoms with Crippen LogP contribution in [0.3, 0.4) is 0 Å². The lowest BCUT2D eigenvalue weighted by Gasteiger charge is -2.09. The van der Waals surface area contributed by atoms with Gasteiger partial charge in [0.25, 0.3) is 0 Å². The van der Waals surface area contributed by atoms with Gasteiger partial charge in [0, 0.05) is 17.1 Å². The van der Waals surface area contributed by atoms with E-state index in [-0.39, 0.29) is 0 Å². The van der Waals surface area contributed by atoms with Gasteiger partial charge in [0.1, 0.15) is 0 Å². The predicted octanol–water partition coefficient (Wildman–Crippen LogP) is 5.64. The van der Waals surface area contributed by atoms with E-state index in [1.807, 2.05) is 6.20 Å². The molecule has 2 aromatic carbocycles. The van der Waals surface area contributed by atoms with Crippen LogP contribution in [0.1, 0.15) is 36.5 Å². The summed E-state index contributed by atoms with van der Waals surface area (Å²) >= 11 is 0. The molecular weight excluding hydrogens is 254 g/mol. The number of aromatic nitrogens is 1. The third-order valence-corrected chi connectivity index (χ3v) is 3.93. The van der Waals surface area contributed by atoms with E-state index >= 15 is 0 Å². The van der Waals surface area contributed by atoms with Crippen LogP contribution < -0.4 is 0 Å². The number of aryl methyl sites for hydroxylation is 2. The minimum atomic E-state index is 0.550. The molecule has 1 aromatic heterocycles. The van der Waals surface area contributed by atoms with Crippen LogP contribution in [-0.2, 0) is 0 Å². The number of hydrogen-bond acceptors (Lipinski definition) is 1. The van der Waals surface area contributed by atoms with Crippen LogP contribution in [-0.4, -0.2) is 4.98 Å². The molecule has 0 saturated heterocycles. The van der Waals surface area contributed by atoms with Gasteiger partial charge in [-0.2, -0.15) is 0 Å². The molecule has 0 unspecified atom stereocenters. The third kappa shape index (κ3) is 2.82. The summed E-state index contributed by atoms with van der Waals surface area (Å²) in [5, 5.41) is 2.47. The summed E-state index contributed by atoms with van der Waals surface area (Å²) in [6, 6.07) is 15.5. The summed E-state index contributed by atoms with van der Waals surface area (Å²) in [7, 11) is 0. The van der Waals surface area contributed by atoms with Gasteiger partial charge >= 0.3 is 0 Å². The molecule has 0 bridgehead atoms. The van der Waals surface area contributed by atoms with Crippen molar-refractivity contribution in [1.82, 2.24) is 4.98 Å². The number of fused-ring (bicyclic) bond motifs is 1. The van der Waals surface area contributed by atoms with Gasteiger partial charge in [-0.25, -0.2) is 0 Å². The molecule has 0 radical (unpaired) electrons. The number of nitrogens with zero attached hydrogens (tertiary/aromatic N) is 1. The van der Waals surface area contributed by atoms with E-state index in [2.05, 4.69) is 75.1 Å². The average Bonchev–Trinajstić information content (AvgIpc) is 2.45. The Balaban J connectivity index is 2.11. The molecule has 0 aliphatic carbocycles. The minimum Gasteiger partial charge on any atom is -0.256 e. The second-order valence-electron chi connectivity index (χ2n) is 6.21. The van der Waals surface area contributed by atoms with Crippen LogP contribution in [0.15, 0.2) is 48.7 Å². The molecule has 0 atom stereocenters. The molecule has 0 fully saturated rings. The first-order valence-corrected chi connectivity index (χ1v) is 7.51. The molecule has 0 spiro atoms. The maximum Gasteiger partial charge on any atom is 0.0708 e. The SMILES string of the molecule is Cc1cc(C)cc(-c2cc3ccc(C(C)C)cc3cn2)c1. The lowest BCUT2D eigenvalue weighted by Crippen LogP contribution is -1.90. The molecule has 1 nitrogen and oxygen atoms in total. The van der Waals surface area contributed by atoms with Crippen LogP contribution in [0.4, 0.5) is 0 Å². The van der Waals surface area contributed by atoms with Gasteiger partial charge < -0.3 is 0 Å². The van der Waals surface area contributed by atoms with E-state index in [9.17, 15) is 0 Å². The van der Waals surface area contributed by atoms with Crippen molar-refractivity contribution in [1.29, 1.82) is 0 Å². The minimum absolute atomic E-state index is 0.550. The molecule has 0 aliphatic heterocycles. The van der Waals surface area contributed by atoms with E-state index in [1.165, 1.54) is 33.0 Å². The van der Waals surface area contributed by atoms with E-state index in [0.717, 1.165) is 5.69 Å². The largest absolute Gasteiger partial charge is 0.256 e. The van der Waals surface area contributed by atoms with Crippen LogP contribution in [0, 0.1) is 13.8 Å². The Morgan fingerprint density at radius 1 is 0.810 bits per heavy atom. The molecule has 1 heteroatoms. The predicted molar refractivity (Wildman–Crippen MR) is 90.7 cm³/mol. The Morgan fingerprint density at radius 2 is 1.52 bits per heavy atom. The normalized spacial score (nSPS) is 11.3. The van der Waals surface area contributed by atoms with Crippen molar-refractivity contribution in [3.8, 4) is 11.3 Å². The first-order chi connectivity index (χ1) is 10.0. The van der Waals surface area contributed by atoms with E-state index in [1.54, 1.807) is 0 Å². The smallest absolute Gasteiger partial charge is 0.0708 e. The fraction of sp³-hybridized carbons (Fsp3) is 0.250. The average molecular weight is 275 g/mol. The molecule has 21 heavy (non-hydrogen) atoms.